The molecule has 0 fully saturated rings. The average molecular weight is 452 g/mol. The predicted octanol–water partition coefficient (Wildman–Crippen LogP) is 7.32. The van der Waals surface area contributed by atoms with Gasteiger partial charge in [-0.2, -0.15) is 13.2 Å². The van der Waals surface area contributed by atoms with Crippen LogP contribution in [0.4, 0.5) is 13.2 Å². The Labute approximate surface area is 171 Å². The zero-order valence-corrected chi connectivity index (χ0v) is 18.2. The second-order valence-electron chi connectivity index (χ2n) is 4.86. The van der Waals surface area contributed by atoms with Crippen LogP contribution in [0.3, 0.4) is 0 Å². The van der Waals surface area contributed by atoms with Crippen LogP contribution in [0.5, 0.6) is 0 Å². The molecule has 3 nitrogen and oxygen atoms in total. The molecule has 0 bridgehead atoms. The van der Waals surface area contributed by atoms with Crippen LogP contribution in [0.1, 0.15) is 33.3 Å². The quantitative estimate of drug-likeness (QED) is 0.424. The van der Waals surface area contributed by atoms with Crippen molar-refractivity contribution < 1.29 is 21.6 Å². The topological polar surface area (TPSA) is 49.9 Å². The maximum atomic E-state index is 13.3. The summed E-state index contributed by atoms with van der Waals surface area (Å²) >= 11 is 1.22. The third kappa shape index (κ3) is 5.68. The lowest BCUT2D eigenvalue weighted by atomic mass is 10.1. The van der Waals surface area contributed by atoms with E-state index in [0.29, 0.717) is 4.90 Å². The zero-order valence-electron chi connectivity index (χ0n) is 15.8. The van der Waals surface area contributed by atoms with E-state index in [-0.39, 0.29) is 5.52 Å². The minimum atomic E-state index is -4.70. The Hall–Kier alpha value is -1.64. The molecule has 0 radical (unpaired) electrons. The average Bonchev–Trinajstić information content (AvgIpc) is 3.11. The minimum Gasteiger partial charge on any atom is -0.359 e. The molecule has 0 saturated heterocycles. The number of H-pyrrole nitrogens is 1. The maximum Gasteiger partial charge on any atom is 0.417 e. The molecule has 1 N–H and O–H groups in total. The smallest absolute Gasteiger partial charge is 0.359 e. The van der Waals surface area contributed by atoms with Gasteiger partial charge in [-0.25, -0.2) is 8.42 Å². The van der Waals surface area contributed by atoms with E-state index in [0.717, 1.165) is 17.2 Å². The summed E-state index contributed by atoms with van der Waals surface area (Å²) in [4.78, 5) is 3.31. The molecule has 0 amide bonds. The molecule has 0 unspecified atom stereocenters. The molecule has 154 valence electrons. The SMILES string of the molecule is CC.CC.O=S(=O)(Cl)c1c[nH]c2c(Sc3ccccc3)ccc(C(F)(F)F)c12. The number of rotatable bonds is 3. The van der Waals surface area contributed by atoms with Gasteiger partial charge in [0.2, 0.25) is 0 Å². The highest BCUT2D eigenvalue weighted by Crippen LogP contribution is 2.43. The molecule has 1 aromatic heterocycles. The number of benzene rings is 2. The number of hydrogen-bond acceptors (Lipinski definition) is 3. The van der Waals surface area contributed by atoms with Crippen molar-refractivity contribution in [1.29, 1.82) is 0 Å². The van der Waals surface area contributed by atoms with Crippen LogP contribution in [0.2, 0.25) is 0 Å². The molecule has 0 spiro atoms. The molecule has 28 heavy (non-hydrogen) atoms. The molecule has 9 heteroatoms. The Morgan fingerprint density at radius 1 is 0.964 bits per heavy atom. The monoisotopic (exact) mass is 451 g/mol. The fourth-order valence-corrected chi connectivity index (χ4v) is 4.29. The van der Waals surface area contributed by atoms with E-state index in [9.17, 15) is 21.6 Å². The van der Waals surface area contributed by atoms with Gasteiger partial charge in [-0.1, -0.05) is 57.7 Å². The van der Waals surface area contributed by atoms with Gasteiger partial charge in [-0.05, 0) is 24.3 Å². The summed E-state index contributed by atoms with van der Waals surface area (Å²) in [5, 5.41) is -0.446. The number of aromatic nitrogens is 1. The highest BCUT2D eigenvalue weighted by atomic mass is 35.7. The molecule has 3 aromatic rings. The molecule has 0 aliphatic rings. The van der Waals surface area contributed by atoms with E-state index < -0.39 is 31.1 Å². The number of hydrogen-bond donors (Lipinski definition) is 1. The molecular formula is C19H21ClF3NO2S2. The molecule has 0 aliphatic heterocycles. The Morgan fingerprint density at radius 2 is 1.54 bits per heavy atom. The minimum absolute atomic E-state index is 0.0814. The van der Waals surface area contributed by atoms with Crippen molar-refractivity contribution in [3.05, 3.63) is 54.2 Å². The number of aromatic amines is 1. The van der Waals surface area contributed by atoms with Crippen LogP contribution < -0.4 is 0 Å². The standard InChI is InChI=1S/C15H9ClF3NO2S2.2C2H6/c16-24(21,22)12-8-20-14-11(23-9-4-2-1-3-5-9)7-6-10(13(12)14)15(17,18)19;2*1-2/h1-8,20H;2*1-2H3. The van der Waals surface area contributed by atoms with Gasteiger partial charge in [-0.3, -0.25) is 0 Å². The maximum absolute atomic E-state index is 13.3. The number of alkyl halides is 3. The summed E-state index contributed by atoms with van der Waals surface area (Å²) in [5.74, 6) is 0. The van der Waals surface area contributed by atoms with Gasteiger partial charge >= 0.3 is 6.18 Å². The summed E-state index contributed by atoms with van der Waals surface area (Å²) in [7, 11) is 0.965. The molecule has 2 aromatic carbocycles. The van der Waals surface area contributed by atoms with Gasteiger partial charge in [0.1, 0.15) is 4.90 Å². The van der Waals surface area contributed by atoms with Crippen LogP contribution in [-0.4, -0.2) is 13.4 Å². The Bertz CT molecular complexity index is 1000. The fraction of sp³-hybridized carbons (Fsp3) is 0.263. The van der Waals surface area contributed by atoms with Crippen molar-refractivity contribution in [2.75, 3.05) is 0 Å². The summed E-state index contributed by atoms with van der Waals surface area (Å²) in [5.41, 5.74) is -0.965. The van der Waals surface area contributed by atoms with E-state index >= 15 is 0 Å². The van der Waals surface area contributed by atoms with E-state index in [1.54, 1.807) is 24.3 Å². The molecule has 3 rings (SSSR count). The van der Waals surface area contributed by atoms with Crippen LogP contribution in [0.25, 0.3) is 10.9 Å². The summed E-state index contributed by atoms with van der Waals surface area (Å²) in [6, 6.07) is 11.2. The Morgan fingerprint density at radius 3 is 2.04 bits per heavy atom. The Balaban J connectivity index is 0.000000921. The molecule has 1 heterocycles. The van der Waals surface area contributed by atoms with Gasteiger partial charge in [0.15, 0.2) is 0 Å². The van der Waals surface area contributed by atoms with Gasteiger partial charge in [0.05, 0.1) is 11.1 Å². The van der Waals surface area contributed by atoms with E-state index in [4.69, 9.17) is 10.7 Å². The third-order valence-electron chi connectivity index (χ3n) is 3.30. The van der Waals surface area contributed by atoms with Gasteiger partial charge in [-0.15, -0.1) is 0 Å². The fourth-order valence-electron chi connectivity index (χ4n) is 2.32. The Kier molecular flexibility index (Phi) is 8.91. The predicted molar refractivity (Wildman–Crippen MR) is 110 cm³/mol. The van der Waals surface area contributed by atoms with E-state index in [1.165, 1.54) is 17.8 Å². The highest BCUT2D eigenvalue weighted by molar-refractivity contribution is 8.14. The van der Waals surface area contributed by atoms with E-state index in [2.05, 4.69) is 4.98 Å². The lowest BCUT2D eigenvalue weighted by molar-refractivity contribution is -0.136. The van der Waals surface area contributed by atoms with Crippen LogP contribution in [-0.2, 0) is 15.2 Å². The molecule has 0 aliphatic carbocycles. The number of fused-ring (bicyclic) bond motifs is 1. The first-order chi connectivity index (χ1) is 13.2. The van der Waals surface area contributed by atoms with Crippen LogP contribution in [0, 0.1) is 0 Å². The lowest BCUT2D eigenvalue weighted by Gasteiger charge is -2.11. The second-order valence-corrected chi connectivity index (χ2v) is 8.51. The van der Waals surface area contributed by atoms with Crippen molar-refractivity contribution in [3.8, 4) is 0 Å². The lowest BCUT2D eigenvalue weighted by Crippen LogP contribution is -2.06. The summed E-state index contributed by atoms with van der Waals surface area (Å²) in [6.07, 6.45) is -3.72. The second kappa shape index (κ2) is 10.2. The number of halogens is 4. The largest absolute Gasteiger partial charge is 0.417 e. The highest BCUT2D eigenvalue weighted by Gasteiger charge is 2.36. The first-order valence-electron chi connectivity index (χ1n) is 8.57. The first-order valence-corrected chi connectivity index (χ1v) is 11.7. The van der Waals surface area contributed by atoms with Gasteiger partial charge in [0, 0.05) is 32.1 Å². The summed E-state index contributed by atoms with van der Waals surface area (Å²) < 4.78 is 63.0. The van der Waals surface area contributed by atoms with Crippen LogP contribution in [0.15, 0.2) is 63.3 Å². The normalized spacial score (nSPS) is 11.3. The first kappa shape index (κ1) is 24.4. The van der Waals surface area contributed by atoms with Crippen molar-refractivity contribution in [2.45, 2.75) is 48.6 Å². The van der Waals surface area contributed by atoms with Crippen molar-refractivity contribution in [2.24, 2.45) is 0 Å². The summed E-state index contributed by atoms with van der Waals surface area (Å²) in [6.45, 7) is 8.00. The van der Waals surface area contributed by atoms with Gasteiger partial charge < -0.3 is 4.98 Å². The molecule has 0 atom stereocenters. The van der Waals surface area contributed by atoms with Crippen molar-refractivity contribution in [1.82, 2.24) is 4.98 Å². The van der Waals surface area contributed by atoms with E-state index in [1.807, 2.05) is 33.8 Å². The van der Waals surface area contributed by atoms with Crippen LogP contribution >= 0.6 is 22.4 Å². The number of nitrogens with one attached hydrogen (secondary N) is 1. The third-order valence-corrected chi connectivity index (χ3v) is 5.71. The van der Waals surface area contributed by atoms with Gasteiger partial charge in [0.25, 0.3) is 9.05 Å². The van der Waals surface area contributed by atoms with Crippen molar-refractivity contribution >= 4 is 42.4 Å². The molecule has 0 saturated carbocycles. The zero-order chi connectivity index (χ0) is 21.5. The van der Waals surface area contributed by atoms with Crippen molar-refractivity contribution in [3.63, 3.8) is 0 Å². The molecular weight excluding hydrogens is 431 g/mol.